The zero-order valence-electron chi connectivity index (χ0n) is 10.5. The summed E-state index contributed by atoms with van der Waals surface area (Å²) in [6, 6.07) is 0. The Morgan fingerprint density at radius 1 is 1.31 bits per heavy atom. The number of amides is 1. The van der Waals surface area contributed by atoms with Crippen LogP contribution in [0.4, 0.5) is 0 Å². The van der Waals surface area contributed by atoms with Crippen LogP contribution in [0.1, 0.15) is 13.8 Å². The van der Waals surface area contributed by atoms with Crippen molar-refractivity contribution in [2.24, 2.45) is 0 Å². The van der Waals surface area contributed by atoms with Gasteiger partial charge in [0.15, 0.2) is 0 Å². The van der Waals surface area contributed by atoms with Gasteiger partial charge in [-0.1, -0.05) is 0 Å². The highest BCUT2D eigenvalue weighted by Gasteiger charge is 2.19. The minimum absolute atomic E-state index is 0.123. The summed E-state index contributed by atoms with van der Waals surface area (Å²) in [4.78, 5) is 15.8. The highest BCUT2D eigenvalue weighted by atomic mass is 16.3. The Morgan fingerprint density at radius 3 is 2.38 bits per heavy atom. The van der Waals surface area contributed by atoms with Gasteiger partial charge < -0.3 is 20.2 Å². The molecule has 0 aliphatic carbocycles. The number of rotatable bonds is 4. The van der Waals surface area contributed by atoms with Crippen LogP contribution in [0, 0.1) is 0 Å². The van der Waals surface area contributed by atoms with Gasteiger partial charge in [-0.3, -0.25) is 4.79 Å². The molecule has 16 heavy (non-hydrogen) atoms. The fourth-order valence-corrected chi connectivity index (χ4v) is 1.64. The van der Waals surface area contributed by atoms with Gasteiger partial charge in [0.05, 0.1) is 12.1 Å². The zero-order valence-corrected chi connectivity index (χ0v) is 10.5. The first-order valence-electron chi connectivity index (χ1n) is 5.78. The number of hydrogen-bond donors (Lipinski definition) is 2. The molecule has 0 saturated carbocycles. The summed E-state index contributed by atoms with van der Waals surface area (Å²) in [5.41, 5.74) is -0.762. The second-order valence-corrected chi connectivity index (χ2v) is 5.10. The highest BCUT2D eigenvalue weighted by molar-refractivity contribution is 5.78. The van der Waals surface area contributed by atoms with Crippen molar-refractivity contribution in [2.45, 2.75) is 19.4 Å². The SMILES string of the molecule is CN1CCN(C(=O)CNCC(C)(C)O)CC1. The van der Waals surface area contributed by atoms with Gasteiger partial charge >= 0.3 is 0 Å². The van der Waals surface area contributed by atoms with Crippen molar-refractivity contribution >= 4 is 5.91 Å². The number of carbonyl (C=O) groups is 1. The van der Waals surface area contributed by atoms with E-state index in [0.29, 0.717) is 13.1 Å². The summed E-state index contributed by atoms with van der Waals surface area (Å²) in [5, 5.41) is 12.5. The predicted molar refractivity (Wildman–Crippen MR) is 63.2 cm³/mol. The summed E-state index contributed by atoms with van der Waals surface area (Å²) >= 11 is 0. The van der Waals surface area contributed by atoms with Crippen molar-refractivity contribution in [1.82, 2.24) is 15.1 Å². The van der Waals surface area contributed by atoms with Gasteiger partial charge in [-0.25, -0.2) is 0 Å². The van der Waals surface area contributed by atoms with Crippen molar-refractivity contribution in [3.63, 3.8) is 0 Å². The first kappa shape index (κ1) is 13.4. The molecule has 1 fully saturated rings. The number of carbonyl (C=O) groups excluding carboxylic acids is 1. The van der Waals surface area contributed by atoms with Crippen LogP contribution in [0.2, 0.25) is 0 Å². The molecule has 0 aromatic carbocycles. The van der Waals surface area contributed by atoms with E-state index < -0.39 is 5.60 Å². The van der Waals surface area contributed by atoms with Gasteiger partial charge in [0, 0.05) is 32.7 Å². The Balaban J connectivity index is 2.20. The third-order valence-electron chi connectivity index (χ3n) is 2.69. The molecular weight excluding hydrogens is 206 g/mol. The van der Waals surface area contributed by atoms with Crippen molar-refractivity contribution in [3.05, 3.63) is 0 Å². The lowest BCUT2D eigenvalue weighted by molar-refractivity contribution is -0.131. The van der Waals surface area contributed by atoms with Gasteiger partial charge in [-0.15, -0.1) is 0 Å². The molecule has 1 heterocycles. The minimum Gasteiger partial charge on any atom is -0.389 e. The number of aliphatic hydroxyl groups is 1. The van der Waals surface area contributed by atoms with E-state index in [9.17, 15) is 9.90 Å². The van der Waals surface area contributed by atoms with Crippen molar-refractivity contribution in [3.8, 4) is 0 Å². The monoisotopic (exact) mass is 229 g/mol. The number of likely N-dealkylation sites (N-methyl/N-ethyl adjacent to an activating group) is 1. The van der Waals surface area contributed by atoms with Crippen LogP contribution in [0.3, 0.4) is 0 Å². The third kappa shape index (κ3) is 4.92. The maximum Gasteiger partial charge on any atom is 0.236 e. The standard InChI is InChI=1S/C11H23N3O2/c1-11(2,16)9-12-8-10(15)14-6-4-13(3)5-7-14/h12,16H,4-9H2,1-3H3. The molecule has 1 aliphatic heterocycles. The summed E-state index contributed by atoms with van der Waals surface area (Å²) in [5.74, 6) is 0.123. The van der Waals surface area contributed by atoms with E-state index in [4.69, 9.17) is 0 Å². The quantitative estimate of drug-likeness (QED) is 0.657. The van der Waals surface area contributed by atoms with Crippen LogP contribution in [0.5, 0.6) is 0 Å². The normalized spacial score (nSPS) is 18.9. The van der Waals surface area contributed by atoms with Crippen molar-refractivity contribution in [1.29, 1.82) is 0 Å². The van der Waals surface area contributed by atoms with Gasteiger partial charge in [0.25, 0.3) is 0 Å². The lowest BCUT2D eigenvalue weighted by Crippen LogP contribution is -2.50. The van der Waals surface area contributed by atoms with Crippen LogP contribution in [-0.4, -0.2) is 72.7 Å². The predicted octanol–water partition coefficient (Wildman–Crippen LogP) is -0.879. The summed E-state index contributed by atoms with van der Waals surface area (Å²) in [6.07, 6.45) is 0. The van der Waals surface area contributed by atoms with Crippen LogP contribution in [0.15, 0.2) is 0 Å². The van der Waals surface area contributed by atoms with E-state index in [1.165, 1.54) is 0 Å². The van der Waals surface area contributed by atoms with E-state index >= 15 is 0 Å². The Kier molecular flexibility index (Phi) is 4.70. The molecule has 1 saturated heterocycles. The number of nitrogens with one attached hydrogen (secondary N) is 1. The minimum atomic E-state index is -0.762. The molecule has 94 valence electrons. The topological polar surface area (TPSA) is 55.8 Å². The molecule has 5 heteroatoms. The molecule has 0 atom stereocenters. The average Bonchev–Trinajstić information content (AvgIpc) is 2.16. The van der Waals surface area contributed by atoms with Gasteiger partial charge in [-0.05, 0) is 20.9 Å². The Hall–Kier alpha value is -0.650. The first-order chi connectivity index (χ1) is 7.38. The van der Waals surface area contributed by atoms with E-state index in [0.717, 1.165) is 26.2 Å². The molecule has 0 bridgehead atoms. The van der Waals surface area contributed by atoms with Gasteiger partial charge in [0.2, 0.25) is 5.91 Å². The lowest BCUT2D eigenvalue weighted by atomic mass is 10.1. The third-order valence-corrected chi connectivity index (χ3v) is 2.69. The lowest BCUT2D eigenvalue weighted by Gasteiger charge is -2.32. The van der Waals surface area contributed by atoms with E-state index in [1.807, 2.05) is 4.90 Å². The van der Waals surface area contributed by atoms with Crippen LogP contribution < -0.4 is 5.32 Å². The second-order valence-electron chi connectivity index (χ2n) is 5.10. The molecule has 1 rings (SSSR count). The second kappa shape index (κ2) is 5.61. The maximum atomic E-state index is 11.8. The van der Waals surface area contributed by atoms with Crippen molar-refractivity contribution in [2.75, 3.05) is 46.3 Å². The molecule has 1 aliphatic rings. The number of piperazine rings is 1. The summed E-state index contributed by atoms with van der Waals surface area (Å²) < 4.78 is 0. The summed E-state index contributed by atoms with van der Waals surface area (Å²) in [6.45, 7) is 7.69. The molecule has 5 nitrogen and oxygen atoms in total. The first-order valence-corrected chi connectivity index (χ1v) is 5.78. The summed E-state index contributed by atoms with van der Waals surface area (Å²) in [7, 11) is 2.06. The molecule has 0 aromatic heterocycles. The van der Waals surface area contributed by atoms with Crippen LogP contribution >= 0.6 is 0 Å². The van der Waals surface area contributed by atoms with Gasteiger partial charge in [-0.2, -0.15) is 0 Å². The average molecular weight is 229 g/mol. The largest absolute Gasteiger partial charge is 0.389 e. The molecule has 0 aromatic rings. The zero-order chi connectivity index (χ0) is 12.2. The van der Waals surface area contributed by atoms with Gasteiger partial charge in [0.1, 0.15) is 0 Å². The maximum absolute atomic E-state index is 11.8. The van der Waals surface area contributed by atoms with Crippen LogP contribution in [0.25, 0.3) is 0 Å². The van der Waals surface area contributed by atoms with Crippen LogP contribution in [-0.2, 0) is 4.79 Å². The molecule has 1 amide bonds. The Morgan fingerprint density at radius 2 is 1.88 bits per heavy atom. The molecule has 2 N–H and O–H groups in total. The molecular formula is C11H23N3O2. The van der Waals surface area contributed by atoms with E-state index in [1.54, 1.807) is 13.8 Å². The molecule has 0 spiro atoms. The van der Waals surface area contributed by atoms with Crippen molar-refractivity contribution < 1.29 is 9.90 Å². The van der Waals surface area contributed by atoms with E-state index in [-0.39, 0.29) is 5.91 Å². The fourth-order valence-electron chi connectivity index (χ4n) is 1.64. The highest BCUT2D eigenvalue weighted by Crippen LogP contribution is 2.00. The number of nitrogens with zero attached hydrogens (tertiary/aromatic N) is 2. The molecule has 0 radical (unpaired) electrons. The Bertz CT molecular complexity index is 230. The van der Waals surface area contributed by atoms with E-state index in [2.05, 4.69) is 17.3 Å². The fraction of sp³-hybridized carbons (Fsp3) is 0.909. The number of hydrogen-bond acceptors (Lipinski definition) is 4. The Labute approximate surface area is 97.4 Å². The smallest absolute Gasteiger partial charge is 0.236 e. The molecule has 0 unspecified atom stereocenters.